The molecule has 3 rings (SSSR count). The Kier molecular flexibility index (Phi) is 4.41. The van der Waals surface area contributed by atoms with E-state index in [4.69, 9.17) is 13.9 Å². The van der Waals surface area contributed by atoms with Crippen LogP contribution in [0.4, 0.5) is 0 Å². The zero-order chi connectivity index (χ0) is 17.2. The van der Waals surface area contributed by atoms with Gasteiger partial charge in [-0.25, -0.2) is 18.1 Å². The summed E-state index contributed by atoms with van der Waals surface area (Å²) in [6, 6.07) is 11.8. The van der Waals surface area contributed by atoms with Crippen molar-refractivity contribution in [1.29, 1.82) is 0 Å². The van der Waals surface area contributed by atoms with Crippen LogP contribution in [0.25, 0.3) is 11.1 Å². The molecular formula is C16H16N2O5S. The average Bonchev–Trinajstić information content (AvgIpc) is 3.02. The second-order valence-corrected chi connectivity index (χ2v) is 6.65. The first-order valence-electron chi connectivity index (χ1n) is 7.09. The largest absolute Gasteiger partial charge is 0.497 e. The number of oxazole rings is 1. The summed E-state index contributed by atoms with van der Waals surface area (Å²) in [5.74, 6) is 0.917. The predicted molar refractivity (Wildman–Crippen MR) is 87.6 cm³/mol. The number of nitrogens with zero attached hydrogens (tertiary/aromatic N) is 1. The molecule has 0 aliphatic rings. The third kappa shape index (κ3) is 3.19. The SMILES string of the molecule is COc1ccc(OC)c(S(=O)(=O)NCc2nc3ccccc3o2)c1. The van der Waals surface area contributed by atoms with Gasteiger partial charge in [-0.1, -0.05) is 12.1 Å². The third-order valence-electron chi connectivity index (χ3n) is 3.41. The summed E-state index contributed by atoms with van der Waals surface area (Å²) in [6.45, 7) is -0.0720. The van der Waals surface area contributed by atoms with Gasteiger partial charge in [-0.05, 0) is 24.3 Å². The Morgan fingerprint density at radius 1 is 1.12 bits per heavy atom. The van der Waals surface area contributed by atoms with Gasteiger partial charge in [-0.3, -0.25) is 0 Å². The summed E-state index contributed by atoms with van der Waals surface area (Å²) in [7, 11) is -0.960. The molecule has 2 aromatic carbocycles. The Hall–Kier alpha value is -2.58. The predicted octanol–water partition coefficient (Wildman–Crippen LogP) is 2.32. The van der Waals surface area contributed by atoms with Crippen molar-refractivity contribution in [3.8, 4) is 11.5 Å². The Balaban J connectivity index is 1.85. The van der Waals surface area contributed by atoms with Crippen LogP contribution in [0.5, 0.6) is 11.5 Å². The Labute approximate surface area is 139 Å². The van der Waals surface area contributed by atoms with Crippen LogP contribution < -0.4 is 14.2 Å². The number of fused-ring (bicyclic) bond motifs is 1. The maximum absolute atomic E-state index is 12.6. The molecule has 8 heteroatoms. The van der Waals surface area contributed by atoms with Crippen LogP contribution in [0.1, 0.15) is 5.89 Å². The minimum absolute atomic E-state index is 0.0135. The van der Waals surface area contributed by atoms with Crippen molar-refractivity contribution >= 4 is 21.1 Å². The van der Waals surface area contributed by atoms with E-state index in [1.54, 1.807) is 18.2 Å². The van der Waals surface area contributed by atoms with Crippen LogP contribution in [0.3, 0.4) is 0 Å². The fourth-order valence-electron chi connectivity index (χ4n) is 2.22. The molecule has 0 unspecified atom stereocenters. The Morgan fingerprint density at radius 2 is 1.92 bits per heavy atom. The van der Waals surface area contributed by atoms with Crippen molar-refractivity contribution in [2.24, 2.45) is 0 Å². The number of ether oxygens (including phenoxy) is 2. The van der Waals surface area contributed by atoms with Crippen molar-refractivity contribution in [3.63, 3.8) is 0 Å². The van der Waals surface area contributed by atoms with Gasteiger partial charge in [0.2, 0.25) is 15.9 Å². The van der Waals surface area contributed by atoms with Gasteiger partial charge in [-0.2, -0.15) is 0 Å². The van der Waals surface area contributed by atoms with E-state index in [2.05, 4.69) is 9.71 Å². The summed E-state index contributed by atoms with van der Waals surface area (Å²) in [4.78, 5) is 4.22. The molecule has 1 aromatic heterocycles. The van der Waals surface area contributed by atoms with Gasteiger partial charge in [0.05, 0.1) is 20.8 Å². The zero-order valence-electron chi connectivity index (χ0n) is 13.1. The highest BCUT2D eigenvalue weighted by Crippen LogP contribution is 2.28. The topological polar surface area (TPSA) is 90.7 Å². The first-order valence-corrected chi connectivity index (χ1v) is 8.58. The molecule has 0 fully saturated rings. The molecule has 0 aliphatic carbocycles. The molecule has 0 spiro atoms. The number of hydrogen-bond donors (Lipinski definition) is 1. The number of sulfonamides is 1. The van der Waals surface area contributed by atoms with E-state index in [0.29, 0.717) is 16.8 Å². The number of aromatic nitrogens is 1. The molecule has 0 bridgehead atoms. The molecule has 3 aromatic rings. The smallest absolute Gasteiger partial charge is 0.244 e. The minimum Gasteiger partial charge on any atom is -0.497 e. The van der Waals surface area contributed by atoms with Crippen LogP contribution in [0.15, 0.2) is 51.8 Å². The van der Waals surface area contributed by atoms with Crippen LogP contribution in [0.2, 0.25) is 0 Å². The summed E-state index contributed by atoms with van der Waals surface area (Å²) < 4.78 is 43.3. The van der Waals surface area contributed by atoms with Crippen LogP contribution in [-0.2, 0) is 16.6 Å². The lowest BCUT2D eigenvalue weighted by Gasteiger charge is -2.11. The molecule has 24 heavy (non-hydrogen) atoms. The van der Waals surface area contributed by atoms with Crippen molar-refractivity contribution in [2.75, 3.05) is 14.2 Å². The maximum Gasteiger partial charge on any atom is 0.244 e. The molecule has 0 amide bonds. The van der Waals surface area contributed by atoms with Crippen LogP contribution in [-0.4, -0.2) is 27.6 Å². The lowest BCUT2D eigenvalue weighted by molar-refractivity contribution is 0.391. The van der Waals surface area contributed by atoms with E-state index in [1.165, 1.54) is 26.4 Å². The molecule has 1 N–H and O–H groups in total. The molecule has 7 nitrogen and oxygen atoms in total. The summed E-state index contributed by atoms with van der Waals surface area (Å²) in [6.07, 6.45) is 0. The highest BCUT2D eigenvalue weighted by atomic mass is 32.2. The van der Waals surface area contributed by atoms with Gasteiger partial charge >= 0.3 is 0 Å². The van der Waals surface area contributed by atoms with Gasteiger partial charge < -0.3 is 13.9 Å². The fourth-order valence-corrected chi connectivity index (χ4v) is 3.38. The summed E-state index contributed by atoms with van der Waals surface area (Å²) in [5, 5.41) is 0. The van der Waals surface area contributed by atoms with Gasteiger partial charge in [0.1, 0.15) is 21.9 Å². The van der Waals surface area contributed by atoms with E-state index in [-0.39, 0.29) is 23.1 Å². The van der Waals surface area contributed by atoms with E-state index < -0.39 is 10.0 Å². The number of hydrogen-bond acceptors (Lipinski definition) is 6. The van der Waals surface area contributed by atoms with Crippen molar-refractivity contribution < 1.29 is 22.3 Å². The zero-order valence-corrected chi connectivity index (χ0v) is 14.0. The monoisotopic (exact) mass is 348 g/mol. The minimum atomic E-state index is -3.83. The molecular weight excluding hydrogens is 332 g/mol. The summed E-state index contributed by atoms with van der Waals surface area (Å²) >= 11 is 0. The maximum atomic E-state index is 12.6. The first-order chi connectivity index (χ1) is 11.5. The van der Waals surface area contributed by atoms with Gasteiger partial charge in [0.25, 0.3) is 0 Å². The molecule has 0 saturated carbocycles. The van der Waals surface area contributed by atoms with Gasteiger partial charge in [-0.15, -0.1) is 0 Å². The molecule has 1 heterocycles. The normalized spacial score (nSPS) is 11.6. The number of benzene rings is 2. The van der Waals surface area contributed by atoms with Gasteiger partial charge in [0.15, 0.2) is 5.58 Å². The fraction of sp³-hybridized carbons (Fsp3) is 0.188. The molecule has 0 aliphatic heterocycles. The number of methoxy groups -OCH3 is 2. The number of nitrogens with one attached hydrogen (secondary N) is 1. The van der Waals surface area contributed by atoms with Crippen molar-refractivity contribution in [2.45, 2.75) is 11.4 Å². The number of rotatable bonds is 6. The summed E-state index contributed by atoms with van der Waals surface area (Å²) in [5.41, 5.74) is 1.27. The molecule has 126 valence electrons. The van der Waals surface area contributed by atoms with E-state index in [9.17, 15) is 8.42 Å². The van der Waals surface area contributed by atoms with Crippen LogP contribution in [0, 0.1) is 0 Å². The van der Waals surface area contributed by atoms with Crippen LogP contribution >= 0.6 is 0 Å². The van der Waals surface area contributed by atoms with Gasteiger partial charge in [0, 0.05) is 6.07 Å². The van der Waals surface area contributed by atoms with E-state index >= 15 is 0 Å². The second kappa shape index (κ2) is 6.50. The molecule has 0 atom stereocenters. The molecule has 0 saturated heterocycles. The quantitative estimate of drug-likeness (QED) is 0.735. The lowest BCUT2D eigenvalue weighted by atomic mass is 10.3. The lowest BCUT2D eigenvalue weighted by Crippen LogP contribution is -2.24. The first kappa shape index (κ1) is 16.3. The van der Waals surface area contributed by atoms with Crippen molar-refractivity contribution in [1.82, 2.24) is 9.71 Å². The standard InChI is InChI=1S/C16H16N2O5S/c1-21-11-7-8-14(22-2)15(9-11)24(19,20)17-10-16-18-12-5-3-4-6-13(12)23-16/h3-9,17H,10H2,1-2H3. The Morgan fingerprint density at radius 3 is 2.62 bits per heavy atom. The highest BCUT2D eigenvalue weighted by Gasteiger charge is 2.21. The second-order valence-electron chi connectivity index (χ2n) is 4.92. The highest BCUT2D eigenvalue weighted by molar-refractivity contribution is 7.89. The molecule has 0 radical (unpaired) electrons. The average molecular weight is 348 g/mol. The number of para-hydroxylation sites is 2. The Bertz CT molecular complexity index is 933. The van der Waals surface area contributed by atoms with Crippen molar-refractivity contribution in [3.05, 3.63) is 48.4 Å². The van der Waals surface area contributed by atoms with E-state index in [1.807, 2.05) is 12.1 Å². The third-order valence-corrected chi connectivity index (χ3v) is 4.83. The van der Waals surface area contributed by atoms with E-state index in [0.717, 1.165) is 0 Å².